The number of nitrogens with two attached hydrogens (primary N) is 1. The number of hydrogen-bond donors (Lipinski definition) is 3. The zero-order chi connectivity index (χ0) is 13.6. The molecule has 6 nitrogen and oxygen atoms in total. The maximum absolute atomic E-state index is 11.7. The molecule has 4 N–H and O–H groups in total. The van der Waals surface area contributed by atoms with Crippen LogP contribution in [0.25, 0.3) is 0 Å². The molecule has 0 aromatic heterocycles. The van der Waals surface area contributed by atoms with Gasteiger partial charge in [-0.3, -0.25) is 4.79 Å². The van der Waals surface area contributed by atoms with Crippen molar-refractivity contribution >= 4 is 21.6 Å². The van der Waals surface area contributed by atoms with Crippen LogP contribution in [0.4, 0.5) is 5.69 Å². The Hall–Kier alpha value is -1.44. The van der Waals surface area contributed by atoms with Gasteiger partial charge < -0.3 is 11.1 Å². The summed E-state index contributed by atoms with van der Waals surface area (Å²) < 4.78 is 25.7. The minimum absolute atomic E-state index is 0.168. The lowest BCUT2D eigenvalue weighted by molar-refractivity contribution is -0.116. The Labute approximate surface area is 107 Å². The Bertz CT molecular complexity index is 497. The molecule has 100 valence electrons. The highest BCUT2D eigenvalue weighted by Crippen LogP contribution is 2.13. The Kier molecular flexibility index (Phi) is 5.26. The van der Waals surface area contributed by atoms with Gasteiger partial charge in [0.25, 0.3) is 0 Å². The molecular formula is C11H17N3O3S. The fourth-order valence-electron chi connectivity index (χ4n) is 1.35. The fourth-order valence-corrected chi connectivity index (χ4v) is 2.39. The van der Waals surface area contributed by atoms with Crippen LogP contribution in [0.2, 0.25) is 0 Å². The molecule has 0 radical (unpaired) electrons. The van der Waals surface area contributed by atoms with Crippen LogP contribution in [0, 0.1) is 0 Å². The second-order valence-corrected chi connectivity index (χ2v) is 5.38. The number of benzene rings is 1. The summed E-state index contributed by atoms with van der Waals surface area (Å²) in [4.78, 5) is 11.4. The topological polar surface area (TPSA) is 101 Å². The summed E-state index contributed by atoms with van der Waals surface area (Å²) in [5.74, 6) is -0.195. The third-order valence-electron chi connectivity index (χ3n) is 2.15. The maximum Gasteiger partial charge on any atom is 0.240 e. The Morgan fingerprint density at radius 3 is 2.39 bits per heavy atom. The zero-order valence-corrected chi connectivity index (χ0v) is 11.0. The quantitative estimate of drug-likeness (QED) is 0.691. The van der Waals surface area contributed by atoms with Crippen molar-refractivity contribution in [1.82, 2.24) is 4.72 Å². The Morgan fingerprint density at radius 1 is 1.28 bits per heavy atom. The zero-order valence-electron chi connectivity index (χ0n) is 10.1. The number of amides is 1. The molecule has 0 aliphatic heterocycles. The van der Waals surface area contributed by atoms with Gasteiger partial charge in [0.15, 0.2) is 0 Å². The van der Waals surface area contributed by atoms with E-state index >= 15 is 0 Å². The second kappa shape index (κ2) is 6.48. The summed E-state index contributed by atoms with van der Waals surface area (Å²) >= 11 is 0. The van der Waals surface area contributed by atoms with Crippen LogP contribution in [-0.4, -0.2) is 27.4 Å². The Morgan fingerprint density at radius 2 is 1.89 bits per heavy atom. The molecule has 1 aromatic rings. The number of sulfonamides is 1. The van der Waals surface area contributed by atoms with Crippen molar-refractivity contribution in [3.05, 3.63) is 24.3 Å². The number of nitrogens with one attached hydrogen (secondary N) is 2. The number of carbonyl (C=O) groups is 1. The lowest BCUT2D eigenvalue weighted by Crippen LogP contribution is -2.23. The van der Waals surface area contributed by atoms with Gasteiger partial charge in [0.1, 0.15) is 0 Å². The molecule has 7 heteroatoms. The second-order valence-electron chi connectivity index (χ2n) is 3.61. The van der Waals surface area contributed by atoms with Crippen LogP contribution in [0.3, 0.4) is 0 Å². The summed E-state index contributed by atoms with van der Waals surface area (Å²) in [6, 6.07) is 5.96. The van der Waals surface area contributed by atoms with Crippen molar-refractivity contribution in [1.29, 1.82) is 0 Å². The summed E-state index contributed by atoms with van der Waals surface area (Å²) in [6.45, 7) is 2.31. The van der Waals surface area contributed by atoms with Crippen LogP contribution in [0.1, 0.15) is 13.3 Å². The van der Waals surface area contributed by atoms with Crippen molar-refractivity contribution < 1.29 is 13.2 Å². The number of anilines is 1. The lowest BCUT2D eigenvalue weighted by Gasteiger charge is -2.07. The molecule has 1 aromatic carbocycles. The highest BCUT2D eigenvalue weighted by atomic mass is 32.2. The van der Waals surface area contributed by atoms with Gasteiger partial charge in [-0.25, -0.2) is 13.1 Å². The van der Waals surface area contributed by atoms with E-state index in [0.717, 1.165) is 0 Å². The van der Waals surface area contributed by atoms with Gasteiger partial charge in [-0.05, 0) is 24.3 Å². The standard InChI is InChI=1S/C11H17N3O3S/c1-2-13-18(16,17)10-5-3-9(4-6-10)14-11(15)7-8-12/h3-6,13H,2,7-8,12H2,1H3,(H,14,15). The number of hydrogen-bond acceptors (Lipinski definition) is 4. The van der Waals surface area contributed by atoms with E-state index in [0.29, 0.717) is 12.2 Å². The molecule has 0 saturated carbocycles. The van der Waals surface area contributed by atoms with Gasteiger partial charge in [0, 0.05) is 25.2 Å². The molecule has 0 fully saturated rings. The molecule has 0 aliphatic carbocycles. The molecular weight excluding hydrogens is 254 g/mol. The molecule has 18 heavy (non-hydrogen) atoms. The van der Waals surface area contributed by atoms with Crippen molar-refractivity contribution in [2.24, 2.45) is 5.73 Å². The van der Waals surface area contributed by atoms with Gasteiger partial charge >= 0.3 is 0 Å². The summed E-state index contributed by atoms with van der Waals surface area (Å²) in [5.41, 5.74) is 5.79. The molecule has 0 heterocycles. The van der Waals surface area contributed by atoms with Crippen molar-refractivity contribution in [2.45, 2.75) is 18.2 Å². The average molecular weight is 271 g/mol. The van der Waals surface area contributed by atoms with Gasteiger partial charge in [-0.2, -0.15) is 0 Å². The van der Waals surface area contributed by atoms with Gasteiger partial charge in [0.2, 0.25) is 15.9 Å². The van der Waals surface area contributed by atoms with Crippen LogP contribution >= 0.6 is 0 Å². The Balaban J connectivity index is 2.77. The number of carbonyl (C=O) groups excluding carboxylic acids is 1. The highest BCUT2D eigenvalue weighted by Gasteiger charge is 2.12. The summed E-state index contributed by atoms with van der Waals surface area (Å²) in [7, 11) is -3.45. The van der Waals surface area contributed by atoms with Crippen LogP contribution in [0.5, 0.6) is 0 Å². The minimum atomic E-state index is -3.45. The molecule has 0 aliphatic rings. The van der Waals surface area contributed by atoms with Crippen molar-refractivity contribution in [2.75, 3.05) is 18.4 Å². The van der Waals surface area contributed by atoms with E-state index in [1.807, 2.05) is 0 Å². The van der Waals surface area contributed by atoms with Crippen molar-refractivity contribution in [3.8, 4) is 0 Å². The average Bonchev–Trinajstić information content (AvgIpc) is 2.30. The smallest absolute Gasteiger partial charge is 0.240 e. The predicted molar refractivity (Wildman–Crippen MR) is 69.6 cm³/mol. The monoisotopic (exact) mass is 271 g/mol. The largest absolute Gasteiger partial charge is 0.330 e. The molecule has 0 atom stereocenters. The summed E-state index contributed by atoms with van der Waals surface area (Å²) in [6.07, 6.45) is 0.234. The fraction of sp³-hybridized carbons (Fsp3) is 0.364. The highest BCUT2D eigenvalue weighted by molar-refractivity contribution is 7.89. The van der Waals surface area contributed by atoms with E-state index in [2.05, 4.69) is 10.0 Å². The molecule has 0 bridgehead atoms. The van der Waals surface area contributed by atoms with E-state index < -0.39 is 10.0 Å². The first-order chi connectivity index (χ1) is 8.49. The van der Waals surface area contributed by atoms with E-state index in [1.54, 1.807) is 19.1 Å². The van der Waals surface area contributed by atoms with Gasteiger partial charge in [-0.15, -0.1) is 0 Å². The summed E-state index contributed by atoms with van der Waals surface area (Å²) in [5, 5.41) is 2.62. The van der Waals surface area contributed by atoms with Gasteiger partial charge in [0.05, 0.1) is 4.90 Å². The van der Waals surface area contributed by atoms with Crippen LogP contribution in [0.15, 0.2) is 29.2 Å². The first-order valence-electron chi connectivity index (χ1n) is 5.59. The normalized spacial score (nSPS) is 11.2. The first kappa shape index (κ1) is 14.6. The van der Waals surface area contributed by atoms with Crippen LogP contribution < -0.4 is 15.8 Å². The van der Waals surface area contributed by atoms with Crippen LogP contribution in [-0.2, 0) is 14.8 Å². The van der Waals surface area contributed by atoms with Crippen molar-refractivity contribution in [3.63, 3.8) is 0 Å². The van der Waals surface area contributed by atoms with E-state index in [9.17, 15) is 13.2 Å². The third-order valence-corrected chi connectivity index (χ3v) is 3.72. The predicted octanol–water partition coefficient (Wildman–Crippen LogP) is 0.272. The third kappa shape index (κ3) is 4.10. The molecule has 0 spiro atoms. The maximum atomic E-state index is 11.7. The molecule has 1 rings (SSSR count). The van der Waals surface area contributed by atoms with E-state index in [-0.39, 0.29) is 23.8 Å². The first-order valence-corrected chi connectivity index (χ1v) is 7.07. The van der Waals surface area contributed by atoms with E-state index in [4.69, 9.17) is 5.73 Å². The molecule has 1 amide bonds. The lowest BCUT2D eigenvalue weighted by atomic mass is 10.3. The molecule has 0 unspecified atom stereocenters. The SMILES string of the molecule is CCNS(=O)(=O)c1ccc(NC(=O)CCN)cc1. The minimum Gasteiger partial charge on any atom is -0.330 e. The van der Waals surface area contributed by atoms with E-state index in [1.165, 1.54) is 12.1 Å². The molecule has 0 saturated heterocycles. The van der Waals surface area contributed by atoms with Gasteiger partial charge in [-0.1, -0.05) is 6.92 Å². The number of rotatable bonds is 6.